The zero-order valence-electron chi connectivity index (χ0n) is 48.8. The fourth-order valence-electron chi connectivity index (χ4n) is 10.5. The maximum atomic E-state index is 14.6. The summed E-state index contributed by atoms with van der Waals surface area (Å²) >= 11 is 19.0. The standard InChI is InChI=1S/C65H58Cl3NO23/c1-78-58(75)49-45(83-53(70)35-22-10-4-11-23-35)47(84-54(71)36-24-12-5-13-25-36)52(87-57(74)39-30-18-8-19-31-39)63(92-49)89-44-42(69-64(77)65(66,67)68)61(82-41-34-81-60(88-43(41)44)40-32-20-9-21-33-40)90-46-48(85-55(72)37-26-14-6-15-27-37)51(62(80-3)91-50(46)59(76)79-2)86-56(73)38-28-16-7-17-29-38/h4-33,41-52,60-63H,34H2,1-3H3,(H,69,77)/t41-,42-,43+,44-,45+,46+,47+,48+,49+,50+,51-,52-,60?,61+,62-,63-/m1/s1. The van der Waals surface area contributed by atoms with Gasteiger partial charge in [-0.05, 0) is 60.7 Å². The van der Waals surface area contributed by atoms with E-state index in [1.165, 1.54) is 97.1 Å². The van der Waals surface area contributed by atoms with Gasteiger partial charge in [-0.25, -0.2) is 33.6 Å². The molecule has 4 fully saturated rings. The van der Waals surface area contributed by atoms with Crippen molar-refractivity contribution in [3.05, 3.63) is 215 Å². The number of alkyl halides is 3. The van der Waals surface area contributed by atoms with Gasteiger partial charge in [-0.3, -0.25) is 4.79 Å². The van der Waals surface area contributed by atoms with Crippen molar-refractivity contribution in [2.24, 2.45) is 0 Å². The average molecular weight is 1330 g/mol. The van der Waals surface area contributed by atoms with E-state index in [9.17, 15) is 38.4 Å². The number of ether oxygens (including phenoxy) is 15. The molecule has 27 heteroatoms. The van der Waals surface area contributed by atoms with Gasteiger partial charge in [-0.1, -0.05) is 156 Å². The SMILES string of the molecule is COC(=O)[C@H]1O[C@@H](O[C@@H]2[C@@H](NC(=O)C(Cl)(Cl)Cl)[C@H](O[C@H]3[C@H](OC(=O)c4ccccc4)[C@@H](OC(=O)c4ccccc4)[C@H](OC)O[C@@H]3C(=O)OC)O[C@@H]3COC(c4ccccc4)O[C@H]23)[C@H](OC(=O)c2ccccc2)[C@@H](OC(=O)c2ccccc2)[C@@H]1OC(=O)c1ccccc1. The molecule has 0 aromatic heterocycles. The molecule has 4 aliphatic heterocycles. The van der Waals surface area contributed by atoms with Crippen molar-refractivity contribution in [1.29, 1.82) is 0 Å². The van der Waals surface area contributed by atoms with Crippen molar-refractivity contribution >= 4 is 82.5 Å². The molecule has 482 valence electrons. The van der Waals surface area contributed by atoms with Gasteiger partial charge in [0.25, 0.3) is 9.70 Å². The van der Waals surface area contributed by atoms with Gasteiger partial charge in [0.05, 0.1) is 48.6 Å². The van der Waals surface area contributed by atoms with E-state index in [2.05, 4.69) is 5.32 Å². The number of carbonyl (C=O) groups excluding carboxylic acids is 8. The molecule has 6 aromatic rings. The fourth-order valence-corrected chi connectivity index (χ4v) is 10.6. The van der Waals surface area contributed by atoms with E-state index < -0.39 is 156 Å². The smallest absolute Gasteiger partial charge is 0.339 e. The molecule has 4 aliphatic rings. The highest BCUT2D eigenvalue weighted by Crippen LogP contribution is 2.42. The van der Waals surface area contributed by atoms with Crippen LogP contribution >= 0.6 is 34.8 Å². The lowest BCUT2D eigenvalue weighted by molar-refractivity contribution is -0.387. The number of amides is 1. The van der Waals surface area contributed by atoms with E-state index in [1.807, 2.05) is 0 Å². The molecule has 16 atom stereocenters. The topological polar surface area (TPSA) is 287 Å². The van der Waals surface area contributed by atoms with Crippen molar-refractivity contribution in [3.8, 4) is 0 Å². The zero-order chi connectivity index (χ0) is 65.1. The Bertz CT molecular complexity index is 3520. The summed E-state index contributed by atoms with van der Waals surface area (Å²) in [4.78, 5) is 115. The van der Waals surface area contributed by atoms with Gasteiger partial charge >= 0.3 is 41.8 Å². The largest absolute Gasteiger partial charge is 0.467 e. The first-order valence-corrected chi connectivity index (χ1v) is 29.5. The van der Waals surface area contributed by atoms with Crippen molar-refractivity contribution in [1.82, 2.24) is 5.32 Å². The first kappa shape index (κ1) is 66.5. The molecular weight excluding hydrogens is 1270 g/mol. The van der Waals surface area contributed by atoms with Crippen LogP contribution in [0.15, 0.2) is 182 Å². The minimum Gasteiger partial charge on any atom is -0.467 e. The number of nitrogens with one attached hydrogen (secondary N) is 1. The fraction of sp³-hybridized carbons (Fsp3) is 0.323. The predicted octanol–water partition coefficient (Wildman–Crippen LogP) is 7.02. The van der Waals surface area contributed by atoms with Crippen molar-refractivity contribution in [2.45, 2.75) is 102 Å². The Morgan fingerprint density at radius 1 is 0.413 bits per heavy atom. The summed E-state index contributed by atoms with van der Waals surface area (Å²) in [6.07, 6.45) is -28.4. The van der Waals surface area contributed by atoms with Crippen LogP contribution in [0.3, 0.4) is 0 Å². The maximum Gasteiger partial charge on any atom is 0.339 e. The van der Waals surface area contributed by atoms with Gasteiger partial charge in [0, 0.05) is 12.7 Å². The van der Waals surface area contributed by atoms with Crippen molar-refractivity contribution in [3.63, 3.8) is 0 Å². The molecule has 10 rings (SSSR count). The van der Waals surface area contributed by atoms with Crippen LogP contribution < -0.4 is 5.32 Å². The Morgan fingerprint density at radius 3 is 1.18 bits per heavy atom. The van der Waals surface area contributed by atoms with Crippen LogP contribution in [0.2, 0.25) is 0 Å². The number of benzene rings is 6. The van der Waals surface area contributed by atoms with E-state index in [-0.39, 0.29) is 27.8 Å². The third kappa shape index (κ3) is 15.6. The van der Waals surface area contributed by atoms with Crippen LogP contribution in [0, 0.1) is 0 Å². The van der Waals surface area contributed by atoms with Crippen LogP contribution in [0.25, 0.3) is 0 Å². The lowest BCUT2D eigenvalue weighted by Gasteiger charge is -2.52. The Labute approximate surface area is 540 Å². The summed E-state index contributed by atoms with van der Waals surface area (Å²) in [5.74, 6) is -9.08. The number of carbonyl (C=O) groups is 8. The third-order valence-corrected chi connectivity index (χ3v) is 15.4. The molecule has 0 radical (unpaired) electrons. The molecule has 1 amide bonds. The van der Waals surface area contributed by atoms with Gasteiger partial charge in [-0.15, -0.1) is 0 Å². The molecule has 0 aliphatic carbocycles. The molecule has 0 saturated carbocycles. The Hall–Kier alpha value is -8.37. The van der Waals surface area contributed by atoms with Gasteiger partial charge in [-0.2, -0.15) is 0 Å². The Kier molecular flexibility index (Phi) is 22.0. The summed E-state index contributed by atoms with van der Waals surface area (Å²) in [6.45, 7) is -0.413. The van der Waals surface area contributed by atoms with Crippen LogP contribution in [-0.2, 0) is 85.4 Å². The molecule has 92 heavy (non-hydrogen) atoms. The highest BCUT2D eigenvalue weighted by Gasteiger charge is 2.62. The summed E-state index contributed by atoms with van der Waals surface area (Å²) in [6, 6.07) is 44.1. The van der Waals surface area contributed by atoms with Crippen LogP contribution in [0.5, 0.6) is 0 Å². The quantitative estimate of drug-likeness (QED) is 0.0484. The molecule has 0 bridgehead atoms. The number of hydrogen-bond acceptors (Lipinski definition) is 23. The third-order valence-electron chi connectivity index (χ3n) is 14.9. The average Bonchev–Trinajstić information content (AvgIpc) is 0.763. The second-order valence-corrected chi connectivity index (χ2v) is 23.0. The number of hydrogen-bond donors (Lipinski definition) is 1. The second-order valence-electron chi connectivity index (χ2n) is 20.7. The molecule has 6 aromatic carbocycles. The molecule has 24 nitrogen and oxygen atoms in total. The van der Waals surface area contributed by atoms with Crippen LogP contribution in [0.1, 0.15) is 63.6 Å². The van der Waals surface area contributed by atoms with E-state index in [0.717, 1.165) is 21.3 Å². The van der Waals surface area contributed by atoms with Crippen LogP contribution in [0.4, 0.5) is 0 Å². The molecule has 4 heterocycles. The van der Waals surface area contributed by atoms with Crippen molar-refractivity contribution < 1.29 is 109 Å². The minimum atomic E-state index is -2.83. The highest BCUT2D eigenvalue weighted by molar-refractivity contribution is 6.76. The maximum absolute atomic E-state index is 14.6. The Morgan fingerprint density at radius 2 is 0.772 bits per heavy atom. The number of rotatable bonds is 19. The monoisotopic (exact) mass is 1330 g/mol. The van der Waals surface area contributed by atoms with Gasteiger partial charge in [0.1, 0.15) is 30.5 Å². The van der Waals surface area contributed by atoms with Gasteiger partial charge < -0.3 is 76.4 Å². The van der Waals surface area contributed by atoms with E-state index in [1.54, 1.807) is 84.9 Å². The highest BCUT2D eigenvalue weighted by atomic mass is 35.6. The number of fused-ring (bicyclic) bond motifs is 1. The molecule has 4 saturated heterocycles. The first-order chi connectivity index (χ1) is 44.4. The minimum absolute atomic E-state index is 0.0233. The zero-order valence-corrected chi connectivity index (χ0v) is 51.1. The number of methoxy groups -OCH3 is 3. The molecule has 0 spiro atoms. The summed E-state index contributed by atoms with van der Waals surface area (Å²) in [5.41, 5.74) is 0.277. The summed E-state index contributed by atoms with van der Waals surface area (Å²) in [5, 5.41) is 2.58. The summed E-state index contributed by atoms with van der Waals surface area (Å²) < 4.78 is 90.5. The van der Waals surface area contributed by atoms with E-state index >= 15 is 0 Å². The van der Waals surface area contributed by atoms with E-state index in [0.29, 0.717) is 5.56 Å². The molecule has 1 unspecified atom stereocenters. The Balaban J connectivity index is 1.14. The van der Waals surface area contributed by atoms with Gasteiger partial charge in [0.15, 0.2) is 67.9 Å². The molecule has 1 N–H and O–H groups in total. The molecular formula is C65H58Cl3NO23. The lowest BCUT2D eigenvalue weighted by atomic mass is 9.93. The van der Waals surface area contributed by atoms with E-state index in [4.69, 9.17) is 106 Å². The predicted molar refractivity (Wildman–Crippen MR) is 317 cm³/mol. The number of esters is 7. The van der Waals surface area contributed by atoms with Gasteiger partial charge in [0.2, 0.25) is 0 Å². The number of halogens is 3. The lowest BCUT2D eigenvalue weighted by Crippen LogP contribution is -2.72. The summed E-state index contributed by atoms with van der Waals surface area (Å²) in [7, 11) is 3.15. The normalized spacial score (nSPS) is 27.7. The van der Waals surface area contributed by atoms with Crippen molar-refractivity contribution in [2.75, 3.05) is 27.9 Å². The second kappa shape index (κ2) is 30.4. The van der Waals surface area contributed by atoms with Crippen LogP contribution in [-0.4, -0.2) is 171 Å². The first-order valence-electron chi connectivity index (χ1n) is 28.4.